The Labute approximate surface area is 133 Å². The first kappa shape index (κ1) is 13.9. The minimum atomic E-state index is 0.183. The lowest BCUT2D eigenvalue weighted by Gasteiger charge is -2.15. The molecule has 0 radical (unpaired) electrons. The van der Waals surface area contributed by atoms with Gasteiger partial charge in [0.25, 0.3) is 0 Å². The molecule has 1 unspecified atom stereocenters. The summed E-state index contributed by atoms with van der Waals surface area (Å²) in [4.78, 5) is 20.4. The van der Waals surface area contributed by atoms with Gasteiger partial charge < -0.3 is 9.42 Å². The Kier molecular flexibility index (Phi) is 3.29. The molecular formula is C16H19N3O2S. The van der Waals surface area contributed by atoms with Gasteiger partial charge >= 0.3 is 0 Å². The van der Waals surface area contributed by atoms with Crippen LogP contribution >= 0.6 is 11.3 Å². The van der Waals surface area contributed by atoms with E-state index in [4.69, 9.17) is 4.52 Å². The molecule has 2 aromatic rings. The summed E-state index contributed by atoms with van der Waals surface area (Å²) >= 11 is 1.78. The number of hydrogen-bond acceptors (Lipinski definition) is 5. The fourth-order valence-corrected chi connectivity index (χ4v) is 4.52. The van der Waals surface area contributed by atoms with Crippen LogP contribution < -0.4 is 0 Å². The van der Waals surface area contributed by atoms with Gasteiger partial charge in [-0.1, -0.05) is 5.16 Å². The zero-order valence-corrected chi connectivity index (χ0v) is 13.6. The minimum absolute atomic E-state index is 0.183. The van der Waals surface area contributed by atoms with E-state index in [0.29, 0.717) is 17.7 Å². The topological polar surface area (TPSA) is 59.2 Å². The quantitative estimate of drug-likeness (QED) is 0.873. The van der Waals surface area contributed by atoms with Crippen molar-refractivity contribution in [3.8, 4) is 0 Å². The molecule has 0 aromatic carbocycles. The van der Waals surface area contributed by atoms with Crippen molar-refractivity contribution in [3.63, 3.8) is 0 Å². The Balaban J connectivity index is 1.40. The van der Waals surface area contributed by atoms with E-state index >= 15 is 0 Å². The molecular weight excluding hydrogens is 298 g/mol. The summed E-state index contributed by atoms with van der Waals surface area (Å²) in [6, 6.07) is 2.14. The second-order valence-corrected chi connectivity index (χ2v) is 7.31. The van der Waals surface area contributed by atoms with Gasteiger partial charge in [0.2, 0.25) is 11.8 Å². The summed E-state index contributed by atoms with van der Waals surface area (Å²) in [6.45, 7) is 5.47. The number of aryl methyl sites for hydroxylation is 2. The van der Waals surface area contributed by atoms with Crippen LogP contribution in [0.25, 0.3) is 0 Å². The Hall–Kier alpha value is -1.69. The molecule has 1 amide bonds. The third-order valence-corrected chi connectivity index (χ3v) is 5.91. The second kappa shape index (κ2) is 5.19. The van der Waals surface area contributed by atoms with Gasteiger partial charge in [-0.25, -0.2) is 0 Å². The summed E-state index contributed by atoms with van der Waals surface area (Å²) in [5, 5.41) is 6.12. The van der Waals surface area contributed by atoms with Crippen LogP contribution in [0.5, 0.6) is 0 Å². The van der Waals surface area contributed by atoms with Gasteiger partial charge in [0.05, 0.1) is 0 Å². The third-order valence-electron chi connectivity index (χ3n) is 4.75. The third kappa shape index (κ3) is 2.35. The molecule has 0 N–H and O–H groups in total. The van der Waals surface area contributed by atoms with Gasteiger partial charge in [-0.3, -0.25) is 4.79 Å². The molecule has 3 heterocycles. The molecule has 4 rings (SSSR count). The van der Waals surface area contributed by atoms with Gasteiger partial charge in [0.15, 0.2) is 5.82 Å². The van der Waals surface area contributed by atoms with Crippen molar-refractivity contribution in [2.75, 3.05) is 13.1 Å². The number of hydrogen-bond donors (Lipinski definition) is 0. The number of likely N-dealkylation sites (tertiary alicyclic amines) is 1. The van der Waals surface area contributed by atoms with E-state index in [-0.39, 0.29) is 11.8 Å². The summed E-state index contributed by atoms with van der Waals surface area (Å²) in [7, 11) is 0. The zero-order valence-electron chi connectivity index (χ0n) is 12.8. The number of thiophene rings is 1. The normalized spacial score (nSPS) is 27.4. The van der Waals surface area contributed by atoms with E-state index in [2.05, 4.69) is 28.5 Å². The molecule has 6 heteroatoms. The van der Waals surface area contributed by atoms with E-state index in [1.165, 1.54) is 10.4 Å². The molecule has 22 heavy (non-hydrogen) atoms. The highest BCUT2D eigenvalue weighted by molar-refractivity contribution is 7.10. The van der Waals surface area contributed by atoms with Gasteiger partial charge in [0, 0.05) is 42.6 Å². The average Bonchev–Trinajstić information content (AvgIpc) is 2.88. The van der Waals surface area contributed by atoms with Crippen LogP contribution in [0.4, 0.5) is 0 Å². The highest BCUT2D eigenvalue weighted by Crippen LogP contribution is 2.51. The first-order valence-electron chi connectivity index (χ1n) is 7.76. The van der Waals surface area contributed by atoms with Crippen molar-refractivity contribution in [2.24, 2.45) is 5.92 Å². The van der Waals surface area contributed by atoms with E-state index < -0.39 is 0 Å². The molecule has 2 aliphatic rings. The Morgan fingerprint density at radius 1 is 1.45 bits per heavy atom. The molecule has 1 saturated carbocycles. The molecule has 2 fully saturated rings. The second-order valence-electron chi connectivity index (χ2n) is 6.36. The summed E-state index contributed by atoms with van der Waals surface area (Å²) in [5.74, 6) is 2.49. The lowest BCUT2D eigenvalue weighted by molar-refractivity contribution is -0.131. The van der Waals surface area contributed by atoms with Crippen molar-refractivity contribution < 1.29 is 9.32 Å². The average molecular weight is 317 g/mol. The maximum absolute atomic E-state index is 12.7. The minimum Gasteiger partial charge on any atom is -0.342 e. The number of amides is 1. The van der Waals surface area contributed by atoms with E-state index in [0.717, 1.165) is 31.8 Å². The van der Waals surface area contributed by atoms with Gasteiger partial charge in [0.1, 0.15) is 0 Å². The molecule has 0 bridgehead atoms. The van der Waals surface area contributed by atoms with Crippen molar-refractivity contribution in [1.29, 1.82) is 0 Å². The van der Waals surface area contributed by atoms with Crippen LogP contribution in [-0.2, 0) is 4.79 Å². The van der Waals surface area contributed by atoms with Crippen molar-refractivity contribution in [3.05, 3.63) is 33.6 Å². The van der Waals surface area contributed by atoms with Crippen molar-refractivity contribution >= 4 is 17.2 Å². The van der Waals surface area contributed by atoms with Crippen LogP contribution in [0, 0.1) is 19.8 Å². The van der Waals surface area contributed by atoms with Gasteiger partial charge in [-0.05, 0) is 36.8 Å². The molecule has 1 saturated heterocycles. The summed E-state index contributed by atoms with van der Waals surface area (Å²) in [5.41, 5.74) is 1.33. The highest BCUT2D eigenvalue weighted by Gasteiger charge is 2.48. The predicted molar refractivity (Wildman–Crippen MR) is 82.9 cm³/mol. The summed E-state index contributed by atoms with van der Waals surface area (Å²) < 4.78 is 5.05. The molecule has 1 aliphatic heterocycles. The van der Waals surface area contributed by atoms with Crippen LogP contribution in [0.1, 0.15) is 46.8 Å². The van der Waals surface area contributed by atoms with Gasteiger partial charge in [-0.15, -0.1) is 11.3 Å². The molecule has 1 aliphatic carbocycles. The maximum Gasteiger partial charge on any atom is 0.226 e. The SMILES string of the molecule is Cc1nc(C2CCN(C(=O)[C@@H]3C[C@H]3c3sccc3C)C2)no1. The van der Waals surface area contributed by atoms with Crippen molar-refractivity contribution in [2.45, 2.75) is 38.5 Å². The van der Waals surface area contributed by atoms with E-state index in [1.54, 1.807) is 18.3 Å². The Morgan fingerprint density at radius 3 is 3.00 bits per heavy atom. The number of nitrogens with zero attached hydrogens (tertiary/aromatic N) is 3. The Morgan fingerprint density at radius 2 is 2.32 bits per heavy atom. The number of rotatable bonds is 3. The van der Waals surface area contributed by atoms with Crippen LogP contribution in [-0.4, -0.2) is 34.0 Å². The monoisotopic (exact) mass is 317 g/mol. The van der Waals surface area contributed by atoms with Crippen LogP contribution in [0.3, 0.4) is 0 Å². The fourth-order valence-electron chi connectivity index (χ4n) is 3.41. The summed E-state index contributed by atoms with van der Waals surface area (Å²) in [6.07, 6.45) is 1.93. The molecule has 5 nitrogen and oxygen atoms in total. The predicted octanol–water partition coefficient (Wildman–Crippen LogP) is 2.87. The fraction of sp³-hybridized carbons (Fsp3) is 0.562. The lowest BCUT2D eigenvalue weighted by atomic mass is 10.1. The number of carbonyl (C=O) groups is 1. The Bertz CT molecular complexity index is 708. The van der Waals surface area contributed by atoms with E-state index in [9.17, 15) is 4.79 Å². The van der Waals surface area contributed by atoms with Crippen LogP contribution in [0.2, 0.25) is 0 Å². The molecule has 0 spiro atoms. The molecule has 116 valence electrons. The van der Waals surface area contributed by atoms with Gasteiger partial charge in [-0.2, -0.15) is 4.98 Å². The van der Waals surface area contributed by atoms with Crippen molar-refractivity contribution in [1.82, 2.24) is 15.0 Å². The number of aromatic nitrogens is 2. The first-order valence-corrected chi connectivity index (χ1v) is 8.64. The largest absolute Gasteiger partial charge is 0.342 e. The van der Waals surface area contributed by atoms with Crippen LogP contribution in [0.15, 0.2) is 16.0 Å². The highest BCUT2D eigenvalue weighted by atomic mass is 32.1. The zero-order chi connectivity index (χ0) is 15.3. The number of carbonyl (C=O) groups excluding carboxylic acids is 1. The molecule has 3 atom stereocenters. The standard InChI is InChI=1S/C16H19N3O2S/c1-9-4-6-22-14(9)12-7-13(12)16(20)19-5-3-11(8-19)15-17-10(2)21-18-15/h4,6,11-13H,3,5,7-8H2,1-2H3/t11?,12-,13-/m1/s1. The smallest absolute Gasteiger partial charge is 0.226 e. The first-order chi connectivity index (χ1) is 10.6. The maximum atomic E-state index is 12.7. The molecule has 2 aromatic heterocycles. The lowest BCUT2D eigenvalue weighted by Crippen LogP contribution is -2.30. The van der Waals surface area contributed by atoms with E-state index in [1.807, 2.05) is 4.90 Å².